The zero-order valence-corrected chi connectivity index (χ0v) is 9.31. The topological polar surface area (TPSA) is 21.6 Å². The summed E-state index contributed by atoms with van der Waals surface area (Å²) in [5.41, 5.74) is 1.11. The number of rotatable bonds is 8. The third-order valence-corrected chi connectivity index (χ3v) is 2.14. The second kappa shape index (κ2) is 9.56. The Kier molecular flexibility index (Phi) is 9.17. The molecule has 0 aliphatic carbocycles. The monoisotopic (exact) mass is 185 g/mol. The highest BCUT2D eigenvalue weighted by atomic mass is 16.6. The van der Waals surface area contributed by atoms with E-state index in [1.807, 2.05) is 6.92 Å². The van der Waals surface area contributed by atoms with Crippen molar-refractivity contribution in [2.24, 2.45) is 5.16 Å². The molecule has 0 fully saturated rings. The molecule has 0 bridgehead atoms. The van der Waals surface area contributed by atoms with Gasteiger partial charge in [-0.3, -0.25) is 0 Å². The first-order valence-corrected chi connectivity index (χ1v) is 5.38. The van der Waals surface area contributed by atoms with E-state index in [2.05, 4.69) is 16.9 Å². The first-order valence-electron chi connectivity index (χ1n) is 5.38. The van der Waals surface area contributed by atoms with E-state index in [9.17, 15) is 0 Å². The molecule has 0 spiro atoms. The van der Waals surface area contributed by atoms with E-state index in [4.69, 9.17) is 0 Å². The summed E-state index contributed by atoms with van der Waals surface area (Å²) in [7, 11) is 1.60. The third-order valence-electron chi connectivity index (χ3n) is 2.14. The minimum absolute atomic E-state index is 1.08. The first kappa shape index (κ1) is 12.5. The van der Waals surface area contributed by atoms with Gasteiger partial charge in [0, 0.05) is 0 Å². The maximum Gasteiger partial charge on any atom is 0.106 e. The summed E-state index contributed by atoms with van der Waals surface area (Å²) in [6.45, 7) is 4.27. The number of hydrogen-bond donors (Lipinski definition) is 0. The molecule has 0 aromatic heterocycles. The van der Waals surface area contributed by atoms with Crippen molar-refractivity contribution in [2.75, 3.05) is 7.11 Å². The lowest BCUT2D eigenvalue weighted by atomic mass is 10.1. The van der Waals surface area contributed by atoms with Gasteiger partial charge in [-0.2, -0.15) is 0 Å². The normalized spacial score (nSPS) is 11.8. The van der Waals surface area contributed by atoms with Crippen LogP contribution in [0.3, 0.4) is 0 Å². The summed E-state index contributed by atoms with van der Waals surface area (Å²) in [6.07, 6.45) is 9.12. The van der Waals surface area contributed by atoms with Crippen LogP contribution in [-0.4, -0.2) is 12.8 Å². The maximum atomic E-state index is 4.69. The lowest BCUT2D eigenvalue weighted by Gasteiger charge is -2.00. The molecule has 0 saturated heterocycles. The van der Waals surface area contributed by atoms with Gasteiger partial charge in [-0.25, -0.2) is 0 Å². The first-order chi connectivity index (χ1) is 6.31. The quantitative estimate of drug-likeness (QED) is 0.320. The summed E-state index contributed by atoms with van der Waals surface area (Å²) < 4.78 is 0. The van der Waals surface area contributed by atoms with Crippen molar-refractivity contribution in [2.45, 2.75) is 58.8 Å². The Balaban J connectivity index is 3.11. The highest BCUT2D eigenvalue weighted by molar-refractivity contribution is 5.81. The van der Waals surface area contributed by atoms with Gasteiger partial charge in [-0.1, -0.05) is 44.2 Å². The number of unbranched alkanes of at least 4 members (excludes halogenated alkanes) is 5. The van der Waals surface area contributed by atoms with Crippen molar-refractivity contribution in [3.8, 4) is 0 Å². The van der Waals surface area contributed by atoms with Crippen LogP contribution in [0.25, 0.3) is 0 Å². The van der Waals surface area contributed by atoms with E-state index in [0.29, 0.717) is 0 Å². The largest absolute Gasteiger partial charge is 0.399 e. The Bertz CT molecular complexity index is 132. The fourth-order valence-corrected chi connectivity index (χ4v) is 1.36. The van der Waals surface area contributed by atoms with E-state index in [1.165, 1.54) is 38.5 Å². The summed E-state index contributed by atoms with van der Waals surface area (Å²) >= 11 is 0. The van der Waals surface area contributed by atoms with Crippen LogP contribution in [0.1, 0.15) is 58.8 Å². The highest BCUT2D eigenvalue weighted by Crippen LogP contribution is 2.07. The van der Waals surface area contributed by atoms with Crippen LogP contribution < -0.4 is 0 Å². The van der Waals surface area contributed by atoms with Crippen molar-refractivity contribution in [1.29, 1.82) is 0 Å². The molecule has 78 valence electrons. The molecule has 0 atom stereocenters. The zero-order chi connectivity index (χ0) is 9.94. The maximum absolute atomic E-state index is 4.69. The Morgan fingerprint density at radius 1 is 1.08 bits per heavy atom. The molecule has 0 aliphatic heterocycles. The molecule has 0 unspecified atom stereocenters. The molecule has 0 saturated carbocycles. The molecule has 0 N–H and O–H groups in total. The standard InChI is InChI=1S/C11H23NO/c1-4-5-6-7-8-9-10-11(2)12-13-3/h4-10H2,1-3H3/b12-11-. The van der Waals surface area contributed by atoms with E-state index in [0.717, 1.165) is 12.1 Å². The minimum atomic E-state index is 1.08. The molecule has 0 heterocycles. The van der Waals surface area contributed by atoms with Gasteiger partial charge in [0.2, 0.25) is 0 Å². The predicted octanol–water partition coefficient (Wildman–Crippen LogP) is 3.76. The molecule has 0 rings (SSSR count). The van der Waals surface area contributed by atoms with Crippen molar-refractivity contribution in [3.63, 3.8) is 0 Å². The number of oxime groups is 1. The van der Waals surface area contributed by atoms with Gasteiger partial charge in [0.05, 0.1) is 5.71 Å². The molecule has 0 aliphatic rings. The summed E-state index contributed by atoms with van der Waals surface area (Å²) in [5.74, 6) is 0. The molecule has 0 aromatic carbocycles. The second-order valence-corrected chi connectivity index (χ2v) is 3.53. The van der Waals surface area contributed by atoms with Gasteiger partial charge in [0.25, 0.3) is 0 Å². The van der Waals surface area contributed by atoms with Crippen molar-refractivity contribution in [3.05, 3.63) is 0 Å². The van der Waals surface area contributed by atoms with E-state index in [-0.39, 0.29) is 0 Å². The average Bonchev–Trinajstić information content (AvgIpc) is 2.11. The van der Waals surface area contributed by atoms with E-state index < -0.39 is 0 Å². The Hall–Kier alpha value is -0.530. The van der Waals surface area contributed by atoms with Crippen LogP contribution in [0, 0.1) is 0 Å². The number of hydrogen-bond acceptors (Lipinski definition) is 2. The lowest BCUT2D eigenvalue weighted by Crippen LogP contribution is -1.92. The van der Waals surface area contributed by atoms with Crippen LogP contribution in [-0.2, 0) is 4.84 Å². The van der Waals surface area contributed by atoms with E-state index >= 15 is 0 Å². The summed E-state index contributed by atoms with van der Waals surface area (Å²) in [6, 6.07) is 0. The molecule has 0 aromatic rings. The van der Waals surface area contributed by atoms with Crippen LogP contribution in [0.15, 0.2) is 5.16 Å². The molecule has 0 radical (unpaired) electrons. The highest BCUT2D eigenvalue weighted by Gasteiger charge is 1.93. The molecular formula is C11H23NO. The van der Waals surface area contributed by atoms with Crippen LogP contribution in [0.2, 0.25) is 0 Å². The minimum Gasteiger partial charge on any atom is -0.399 e. The Morgan fingerprint density at radius 2 is 1.69 bits per heavy atom. The van der Waals surface area contributed by atoms with Gasteiger partial charge < -0.3 is 4.84 Å². The molecule has 2 heteroatoms. The van der Waals surface area contributed by atoms with Gasteiger partial charge in [-0.15, -0.1) is 0 Å². The van der Waals surface area contributed by atoms with Crippen LogP contribution >= 0.6 is 0 Å². The third kappa shape index (κ3) is 9.38. The summed E-state index contributed by atoms with van der Waals surface area (Å²) in [5, 5.41) is 3.88. The molecule has 0 amide bonds. The van der Waals surface area contributed by atoms with Crippen LogP contribution in [0.4, 0.5) is 0 Å². The second-order valence-electron chi connectivity index (χ2n) is 3.53. The van der Waals surface area contributed by atoms with Crippen molar-refractivity contribution in [1.82, 2.24) is 0 Å². The average molecular weight is 185 g/mol. The molecular weight excluding hydrogens is 162 g/mol. The van der Waals surface area contributed by atoms with Crippen molar-refractivity contribution < 1.29 is 4.84 Å². The fourth-order valence-electron chi connectivity index (χ4n) is 1.36. The van der Waals surface area contributed by atoms with Crippen molar-refractivity contribution >= 4 is 5.71 Å². The Labute approximate surface area is 82.4 Å². The summed E-state index contributed by atoms with van der Waals surface area (Å²) in [4.78, 5) is 4.69. The fraction of sp³-hybridized carbons (Fsp3) is 0.909. The lowest BCUT2D eigenvalue weighted by molar-refractivity contribution is 0.212. The van der Waals surface area contributed by atoms with Gasteiger partial charge in [0.1, 0.15) is 7.11 Å². The smallest absolute Gasteiger partial charge is 0.106 e. The zero-order valence-electron chi connectivity index (χ0n) is 9.31. The van der Waals surface area contributed by atoms with Crippen LogP contribution in [0.5, 0.6) is 0 Å². The Morgan fingerprint density at radius 3 is 2.31 bits per heavy atom. The van der Waals surface area contributed by atoms with Gasteiger partial charge in [0.15, 0.2) is 0 Å². The number of nitrogens with zero attached hydrogens (tertiary/aromatic N) is 1. The van der Waals surface area contributed by atoms with Gasteiger partial charge in [-0.05, 0) is 19.8 Å². The van der Waals surface area contributed by atoms with E-state index in [1.54, 1.807) is 7.11 Å². The SMILES string of the molecule is CCCCCCCC/C(C)=N\OC. The van der Waals surface area contributed by atoms with Gasteiger partial charge >= 0.3 is 0 Å². The molecule has 2 nitrogen and oxygen atoms in total. The molecule has 13 heavy (non-hydrogen) atoms. The predicted molar refractivity (Wildman–Crippen MR) is 58.1 cm³/mol.